The van der Waals surface area contributed by atoms with Gasteiger partial charge in [0.25, 0.3) is 0 Å². The second kappa shape index (κ2) is 9.60. The van der Waals surface area contributed by atoms with Gasteiger partial charge in [0.1, 0.15) is 6.07 Å². The third-order valence-electron chi connectivity index (χ3n) is 5.16. The van der Waals surface area contributed by atoms with Crippen LogP contribution in [-0.4, -0.2) is 62.9 Å². The van der Waals surface area contributed by atoms with Crippen molar-refractivity contribution in [1.29, 1.82) is 5.26 Å². The lowest BCUT2D eigenvalue weighted by molar-refractivity contribution is 0.281. The molecule has 30 heavy (non-hydrogen) atoms. The van der Waals surface area contributed by atoms with E-state index in [1.807, 2.05) is 20.2 Å². The number of nitriles is 1. The van der Waals surface area contributed by atoms with Gasteiger partial charge in [0.2, 0.25) is 27.5 Å². The van der Waals surface area contributed by atoms with Crippen molar-refractivity contribution in [3.05, 3.63) is 30.0 Å². The van der Waals surface area contributed by atoms with Crippen molar-refractivity contribution in [2.75, 3.05) is 45.6 Å². The van der Waals surface area contributed by atoms with E-state index >= 15 is 0 Å². The summed E-state index contributed by atoms with van der Waals surface area (Å²) in [4.78, 5) is 6.58. The molecule has 9 heteroatoms. The highest BCUT2D eigenvalue weighted by Gasteiger charge is 2.28. The van der Waals surface area contributed by atoms with Crippen molar-refractivity contribution in [2.24, 2.45) is 5.92 Å². The zero-order valence-electron chi connectivity index (χ0n) is 17.8. The lowest BCUT2D eigenvalue weighted by Gasteiger charge is -2.30. The Labute approximate surface area is 178 Å². The van der Waals surface area contributed by atoms with Gasteiger partial charge >= 0.3 is 0 Å². The first-order valence-corrected chi connectivity index (χ1v) is 11.7. The molecule has 1 aromatic heterocycles. The quantitative estimate of drug-likeness (QED) is 0.641. The monoisotopic (exact) mass is 431 g/mol. The molecule has 0 amide bonds. The highest BCUT2D eigenvalue weighted by atomic mass is 32.2. The van der Waals surface area contributed by atoms with E-state index in [-0.39, 0.29) is 16.5 Å². The van der Waals surface area contributed by atoms with Crippen LogP contribution in [0.15, 0.2) is 33.6 Å². The summed E-state index contributed by atoms with van der Waals surface area (Å²) in [5, 5.41) is 12.4. The number of nitrogens with one attached hydrogen (secondary N) is 1. The van der Waals surface area contributed by atoms with E-state index in [1.165, 1.54) is 0 Å². The average Bonchev–Trinajstić information content (AvgIpc) is 3.14. The first-order chi connectivity index (χ1) is 14.3. The fraction of sp³-hybridized carbons (Fsp3) is 0.524. The molecule has 3 rings (SSSR count). The molecule has 1 atom stereocenters. The number of nitrogens with zero attached hydrogens (tertiary/aromatic N) is 4. The van der Waals surface area contributed by atoms with Gasteiger partial charge in [-0.25, -0.2) is 8.42 Å². The normalized spacial score (nSPS) is 17.8. The molecule has 0 unspecified atom stereocenters. The number of aromatic nitrogens is 1. The van der Waals surface area contributed by atoms with Crippen LogP contribution in [0, 0.1) is 17.2 Å². The molecule has 0 bridgehead atoms. The van der Waals surface area contributed by atoms with Crippen LogP contribution in [0.1, 0.15) is 31.9 Å². The molecule has 2 heterocycles. The molecule has 0 radical (unpaired) electrons. The molecule has 0 saturated carbocycles. The molecule has 1 aliphatic rings. The summed E-state index contributed by atoms with van der Waals surface area (Å²) in [6.07, 6.45) is 2.84. The molecule has 1 saturated heterocycles. The average molecular weight is 432 g/mol. The molecular weight excluding hydrogens is 402 g/mol. The van der Waals surface area contributed by atoms with E-state index in [0.29, 0.717) is 37.0 Å². The first kappa shape index (κ1) is 22.3. The van der Waals surface area contributed by atoms with Crippen molar-refractivity contribution in [3.63, 3.8) is 0 Å². The van der Waals surface area contributed by atoms with Crippen molar-refractivity contribution in [2.45, 2.75) is 31.1 Å². The lowest BCUT2D eigenvalue weighted by Crippen LogP contribution is -2.39. The molecule has 1 aliphatic heterocycles. The maximum absolute atomic E-state index is 12.9. The van der Waals surface area contributed by atoms with Gasteiger partial charge in [-0.1, -0.05) is 6.92 Å². The Morgan fingerprint density at radius 3 is 2.70 bits per heavy atom. The third kappa shape index (κ3) is 5.19. The van der Waals surface area contributed by atoms with E-state index in [2.05, 4.69) is 22.1 Å². The number of benzene rings is 1. The van der Waals surface area contributed by atoms with Gasteiger partial charge in [0, 0.05) is 25.2 Å². The van der Waals surface area contributed by atoms with Crippen LogP contribution in [0.5, 0.6) is 0 Å². The summed E-state index contributed by atoms with van der Waals surface area (Å²) in [7, 11) is 0.496. The molecule has 8 nitrogen and oxygen atoms in total. The number of piperidine rings is 1. The molecule has 0 spiro atoms. The largest absolute Gasteiger partial charge is 0.419 e. The van der Waals surface area contributed by atoms with E-state index < -0.39 is 10.0 Å². The Kier molecular flexibility index (Phi) is 7.13. The number of anilines is 1. The van der Waals surface area contributed by atoms with Crippen LogP contribution in [0.25, 0.3) is 11.5 Å². The Morgan fingerprint density at radius 2 is 2.07 bits per heavy atom. The van der Waals surface area contributed by atoms with Crippen LogP contribution in [-0.2, 0) is 10.0 Å². The number of sulfonamides is 1. The van der Waals surface area contributed by atoms with Gasteiger partial charge in [-0.2, -0.15) is 14.6 Å². The van der Waals surface area contributed by atoms with E-state index in [9.17, 15) is 13.7 Å². The number of hydrogen-bond acceptors (Lipinski definition) is 7. The molecule has 1 fully saturated rings. The van der Waals surface area contributed by atoms with Crippen LogP contribution in [0.3, 0.4) is 0 Å². The summed E-state index contributed by atoms with van der Waals surface area (Å²) < 4.78 is 33.1. The predicted octanol–water partition coefficient (Wildman–Crippen LogP) is 3.00. The Hall–Kier alpha value is -2.41. The summed E-state index contributed by atoms with van der Waals surface area (Å²) in [5.41, 5.74) is 0.813. The van der Waals surface area contributed by atoms with Gasteiger partial charge in [-0.05, 0) is 70.1 Å². The standard InChI is InChI=1S/C21H29N5O3S/c1-16-6-4-13-26(15-16)30(27,28)18-9-7-17(8-10-18)20-24-19(14-22)21(29-20)23-11-5-12-25(2)3/h7-10,16,23H,4-6,11-13,15H2,1-3H3/t16-/m0/s1. The highest BCUT2D eigenvalue weighted by molar-refractivity contribution is 7.89. The van der Waals surface area contributed by atoms with E-state index in [0.717, 1.165) is 25.8 Å². The maximum Gasteiger partial charge on any atom is 0.243 e. The van der Waals surface area contributed by atoms with Crippen molar-refractivity contribution < 1.29 is 12.8 Å². The molecule has 1 aromatic carbocycles. The minimum atomic E-state index is -3.51. The minimum absolute atomic E-state index is 0.189. The van der Waals surface area contributed by atoms with Crippen molar-refractivity contribution in [3.8, 4) is 17.5 Å². The number of rotatable bonds is 8. The zero-order chi connectivity index (χ0) is 21.7. The minimum Gasteiger partial charge on any atom is -0.419 e. The molecule has 162 valence electrons. The number of hydrogen-bond donors (Lipinski definition) is 1. The second-order valence-electron chi connectivity index (χ2n) is 8.03. The van der Waals surface area contributed by atoms with Gasteiger partial charge < -0.3 is 14.6 Å². The fourth-order valence-corrected chi connectivity index (χ4v) is 5.12. The summed E-state index contributed by atoms with van der Waals surface area (Å²) in [6, 6.07) is 8.52. The van der Waals surface area contributed by atoms with Crippen molar-refractivity contribution in [1.82, 2.24) is 14.2 Å². The van der Waals surface area contributed by atoms with Crippen molar-refractivity contribution >= 4 is 15.9 Å². The smallest absolute Gasteiger partial charge is 0.243 e. The lowest BCUT2D eigenvalue weighted by atomic mass is 10.0. The van der Waals surface area contributed by atoms with Gasteiger partial charge in [-0.15, -0.1) is 0 Å². The topological polar surface area (TPSA) is 102 Å². The molecule has 0 aliphatic carbocycles. The Balaban J connectivity index is 1.74. The van der Waals surface area contributed by atoms with Crippen LogP contribution in [0.2, 0.25) is 0 Å². The SMILES string of the molecule is C[C@H]1CCCN(S(=O)(=O)c2ccc(-c3nc(C#N)c(NCCCN(C)C)o3)cc2)C1. The fourth-order valence-electron chi connectivity index (χ4n) is 3.52. The molecule has 2 aromatic rings. The van der Waals surface area contributed by atoms with E-state index in [1.54, 1.807) is 28.6 Å². The van der Waals surface area contributed by atoms with Gasteiger partial charge in [-0.3, -0.25) is 0 Å². The summed E-state index contributed by atoms with van der Waals surface area (Å²) in [6.45, 7) is 4.77. The van der Waals surface area contributed by atoms with Crippen LogP contribution < -0.4 is 5.32 Å². The second-order valence-corrected chi connectivity index (χ2v) is 9.96. The highest BCUT2D eigenvalue weighted by Crippen LogP contribution is 2.28. The van der Waals surface area contributed by atoms with Gasteiger partial charge in [0.15, 0.2) is 0 Å². The zero-order valence-corrected chi connectivity index (χ0v) is 18.6. The predicted molar refractivity (Wildman–Crippen MR) is 115 cm³/mol. The summed E-state index contributed by atoms with van der Waals surface area (Å²) >= 11 is 0. The third-order valence-corrected chi connectivity index (χ3v) is 7.04. The molecule has 1 N–H and O–H groups in total. The molecular formula is C21H29N5O3S. The van der Waals surface area contributed by atoms with Crippen LogP contribution >= 0.6 is 0 Å². The van der Waals surface area contributed by atoms with E-state index in [4.69, 9.17) is 4.42 Å². The Morgan fingerprint density at radius 1 is 1.33 bits per heavy atom. The van der Waals surface area contributed by atoms with Gasteiger partial charge in [0.05, 0.1) is 4.90 Å². The Bertz CT molecular complexity index is 993. The number of oxazole rings is 1. The maximum atomic E-state index is 12.9. The van der Waals surface area contributed by atoms with Crippen LogP contribution in [0.4, 0.5) is 5.88 Å². The summed E-state index contributed by atoms with van der Waals surface area (Å²) in [5.74, 6) is 0.996. The first-order valence-electron chi connectivity index (χ1n) is 10.2.